The van der Waals surface area contributed by atoms with E-state index in [0.717, 1.165) is 17.6 Å². The molecule has 1 aromatic rings. The zero-order valence-corrected chi connectivity index (χ0v) is 12.6. The van der Waals surface area contributed by atoms with E-state index in [0.29, 0.717) is 11.7 Å². The lowest BCUT2D eigenvalue weighted by Gasteiger charge is -2.54. The van der Waals surface area contributed by atoms with Gasteiger partial charge in [0.05, 0.1) is 7.11 Å². The predicted molar refractivity (Wildman–Crippen MR) is 82.2 cm³/mol. The summed E-state index contributed by atoms with van der Waals surface area (Å²) in [4.78, 5) is 12.0. The van der Waals surface area contributed by atoms with Crippen LogP contribution in [-0.4, -0.2) is 18.0 Å². The topological polar surface area (TPSA) is 46.5 Å². The molecule has 0 saturated heterocycles. The molecule has 0 aliphatic heterocycles. The quantitative estimate of drug-likeness (QED) is 0.922. The maximum absolute atomic E-state index is 12.0. The molecule has 2 bridgehead atoms. The highest BCUT2D eigenvalue weighted by molar-refractivity contribution is 5.96. The van der Waals surface area contributed by atoms with Crippen LogP contribution in [0.5, 0.6) is 11.5 Å². The average molecular weight is 284 g/mol. The van der Waals surface area contributed by atoms with Crippen molar-refractivity contribution in [2.45, 2.75) is 20.3 Å². The number of benzene rings is 1. The molecule has 0 amide bonds. The highest BCUT2D eigenvalue weighted by Gasteiger charge is 2.54. The van der Waals surface area contributed by atoms with Crippen molar-refractivity contribution in [2.24, 2.45) is 17.3 Å². The van der Waals surface area contributed by atoms with Gasteiger partial charge < -0.3 is 9.84 Å². The maximum atomic E-state index is 12.0. The Morgan fingerprint density at radius 2 is 2.05 bits per heavy atom. The Bertz CT molecular complexity index is 652. The molecule has 0 spiro atoms. The Kier molecular flexibility index (Phi) is 3.16. The minimum atomic E-state index is 0.0630. The van der Waals surface area contributed by atoms with Crippen LogP contribution in [0.3, 0.4) is 0 Å². The number of hydrogen-bond acceptors (Lipinski definition) is 3. The number of fused-ring (bicyclic) bond motifs is 1. The Morgan fingerprint density at radius 3 is 2.62 bits per heavy atom. The summed E-state index contributed by atoms with van der Waals surface area (Å²) in [6.07, 6.45) is 6.54. The fourth-order valence-corrected chi connectivity index (χ4v) is 3.48. The van der Waals surface area contributed by atoms with Crippen molar-refractivity contribution in [3.63, 3.8) is 0 Å². The summed E-state index contributed by atoms with van der Waals surface area (Å²) in [7, 11) is 1.57. The van der Waals surface area contributed by atoms with Crippen LogP contribution in [0.4, 0.5) is 0 Å². The molecule has 3 aliphatic carbocycles. The highest BCUT2D eigenvalue weighted by atomic mass is 16.5. The molecule has 1 fully saturated rings. The summed E-state index contributed by atoms with van der Waals surface area (Å²) in [6, 6.07) is 5.21. The molecule has 0 radical (unpaired) electrons. The van der Waals surface area contributed by atoms with Crippen molar-refractivity contribution in [3.8, 4) is 11.5 Å². The van der Waals surface area contributed by atoms with Crippen LogP contribution in [0.15, 0.2) is 35.9 Å². The van der Waals surface area contributed by atoms with Crippen molar-refractivity contribution < 1.29 is 14.6 Å². The number of ketones is 1. The molecule has 3 nitrogen and oxygen atoms in total. The summed E-state index contributed by atoms with van der Waals surface area (Å²) >= 11 is 0. The smallest absolute Gasteiger partial charge is 0.159 e. The van der Waals surface area contributed by atoms with Crippen LogP contribution in [0.2, 0.25) is 0 Å². The first-order chi connectivity index (χ1) is 9.93. The van der Waals surface area contributed by atoms with Crippen molar-refractivity contribution in [3.05, 3.63) is 41.5 Å². The van der Waals surface area contributed by atoms with Crippen molar-refractivity contribution in [2.75, 3.05) is 7.11 Å². The van der Waals surface area contributed by atoms with E-state index in [2.05, 4.69) is 13.8 Å². The number of aromatic hydroxyl groups is 1. The minimum absolute atomic E-state index is 0.0630. The highest BCUT2D eigenvalue weighted by Crippen LogP contribution is 2.58. The van der Waals surface area contributed by atoms with Crippen LogP contribution >= 0.6 is 0 Å². The normalized spacial score (nSPS) is 26.4. The van der Waals surface area contributed by atoms with Gasteiger partial charge in [-0.25, -0.2) is 0 Å². The fraction of sp³-hybridized carbons (Fsp3) is 0.389. The number of carbonyl (C=O) groups excluding carboxylic acids is 1. The molecule has 3 aliphatic rings. The molecule has 4 rings (SSSR count). The van der Waals surface area contributed by atoms with E-state index in [9.17, 15) is 9.90 Å². The van der Waals surface area contributed by atoms with Gasteiger partial charge in [-0.05, 0) is 41.5 Å². The summed E-state index contributed by atoms with van der Waals surface area (Å²) < 4.78 is 5.07. The molecule has 110 valence electrons. The zero-order chi connectivity index (χ0) is 15.2. The lowest BCUT2D eigenvalue weighted by molar-refractivity contribution is -0.133. The minimum Gasteiger partial charge on any atom is -0.507 e. The van der Waals surface area contributed by atoms with E-state index >= 15 is 0 Å². The number of ether oxygens (including phenoxy) is 1. The monoisotopic (exact) mass is 284 g/mol. The second kappa shape index (κ2) is 4.76. The number of phenols is 1. The molecule has 1 aromatic carbocycles. The van der Waals surface area contributed by atoms with Crippen molar-refractivity contribution >= 4 is 11.9 Å². The van der Waals surface area contributed by atoms with Gasteiger partial charge in [-0.1, -0.05) is 26.0 Å². The van der Waals surface area contributed by atoms with E-state index in [4.69, 9.17) is 4.74 Å². The number of carbonyl (C=O) groups is 1. The van der Waals surface area contributed by atoms with E-state index in [-0.39, 0.29) is 22.9 Å². The van der Waals surface area contributed by atoms with E-state index in [1.807, 2.05) is 24.3 Å². The predicted octanol–water partition coefficient (Wildman–Crippen LogP) is 3.59. The maximum Gasteiger partial charge on any atom is 0.159 e. The van der Waals surface area contributed by atoms with E-state index < -0.39 is 0 Å². The standard InChI is InChI=1S/C18H20O3/c1-18(2)14-10-15(18)17(20)8-12(14)5-4-11-6-7-13(21-3)9-16(11)19/h4-9,14-15,19H,10H2,1-3H3. The van der Waals surface area contributed by atoms with Gasteiger partial charge in [0.1, 0.15) is 11.5 Å². The Morgan fingerprint density at radius 1 is 1.29 bits per heavy atom. The fourth-order valence-electron chi connectivity index (χ4n) is 3.48. The molecular formula is C18H20O3. The number of hydrogen-bond donors (Lipinski definition) is 1. The number of phenolic OH excluding ortho intramolecular Hbond substituents is 1. The van der Waals surface area contributed by atoms with Gasteiger partial charge in [0.15, 0.2) is 5.78 Å². The molecule has 0 aromatic heterocycles. The van der Waals surface area contributed by atoms with Gasteiger partial charge in [0.2, 0.25) is 0 Å². The van der Waals surface area contributed by atoms with E-state index in [1.54, 1.807) is 19.3 Å². The third kappa shape index (κ3) is 2.17. The van der Waals surface area contributed by atoms with Crippen LogP contribution in [0.25, 0.3) is 6.08 Å². The lowest BCUT2D eigenvalue weighted by Crippen LogP contribution is -2.52. The summed E-state index contributed by atoms with van der Waals surface area (Å²) in [5.41, 5.74) is 1.86. The molecule has 1 N–H and O–H groups in total. The van der Waals surface area contributed by atoms with Crippen LogP contribution in [0, 0.1) is 17.3 Å². The third-order valence-corrected chi connectivity index (χ3v) is 5.02. The lowest BCUT2D eigenvalue weighted by atomic mass is 9.48. The Balaban J connectivity index is 1.85. The van der Waals surface area contributed by atoms with Gasteiger partial charge in [0.25, 0.3) is 0 Å². The van der Waals surface area contributed by atoms with Gasteiger partial charge >= 0.3 is 0 Å². The van der Waals surface area contributed by atoms with Gasteiger partial charge in [-0.15, -0.1) is 0 Å². The third-order valence-electron chi connectivity index (χ3n) is 5.02. The SMILES string of the molecule is COc1ccc(C=CC2=CC(=O)C3CC2C3(C)C)c(O)c1. The zero-order valence-electron chi connectivity index (χ0n) is 12.6. The molecule has 21 heavy (non-hydrogen) atoms. The Hall–Kier alpha value is -2.03. The van der Waals surface area contributed by atoms with Crippen LogP contribution in [-0.2, 0) is 4.79 Å². The molecule has 2 unspecified atom stereocenters. The molecule has 2 atom stereocenters. The van der Waals surface area contributed by atoms with Gasteiger partial charge in [0, 0.05) is 17.5 Å². The van der Waals surface area contributed by atoms with Crippen molar-refractivity contribution in [1.29, 1.82) is 0 Å². The largest absolute Gasteiger partial charge is 0.507 e. The van der Waals surface area contributed by atoms with E-state index in [1.165, 1.54) is 0 Å². The Labute approximate surface area is 124 Å². The second-order valence-corrected chi connectivity index (χ2v) is 6.47. The first-order valence-electron chi connectivity index (χ1n) is 7.24. The van der Waals surface area contributed by atoms with Crippen LogP contribution in [0.1, 0.15) is 25.8 Å². The average Bonchev–Trinajstić information content (AvgIpc) is 2.44. The summed E-state index contributed by atoms with van der Waals surface area (Å²) in [5.74, 6) is 1.67. The molecule has 3 heteroatoms. The van der Waals surface area contributed by atoms with Crippen molar-refractivity contribution in [1.82, 2.24) is 0 Å². The van der Waals surface area contributed by atoms with Gasteiger partial charge in [-0.2, -0.15) is 0 Å². The molecule has 0 heterocycles. The van der Waals surface area contributed by atoms with Gasteiger partial charge in [-0.3, -0.25) is 4.79 Å². The number of allylic oxidation sites excluding steroid dienone is 3. The summed E-state index contributed by atoms with van der Waals surface area (Å²) in [5, 5.41) is 9.96. The first-order valence-corrected chi connectivity index (χ1v) is 7.24. The molecule has 1 saturated carbocycles. The van der Waals surface area contributed by atoms with Crippen LogP contribution < -0.4 is 4.74 Å². The number of rotatable bonds is 3. The first kappa shape index (κ1) is 13.9. The number of methoxy groups -OCH3 is 1. The summed E-state index contributed by atoms with van der Waals surface area (Å²) in [6.45, 7) is 4.32. The second-order valence-electron chi connectivity index (χ2n) is 6.47. The molecular weight excluding hydrogens is 264 g/mol.